The zero-order chi connectivity index (χ0) is 14.3. The minimum absolute atomic E-state index is 0.261. The number of aromatic carboxylic acids is 1. The molecule has 1 atom stereocenters. The molecule has 1 N–H and O–H groups in total. The van der Waals surface area contributed by atoms with Crippen molar-refractivity contribution in [2.24, 2.45) is 7.05 Å². The lowest BCUT2D eigenvalue weighted by Crippen LogP contribution is -2.29. The quantitative estimate of drug-likeness (QED) is 0.913. The number of rotatable bonds is 2. The summed E-state index contributed by atoms with van der Waals surface area (Å²) in [5.41, 5.74) is 2.16. The van der Waals surface area contributed by atoms with Gasteiger partial charge in [-0.15, -0.1) is 0 Å². The van der Waals surface area contributed by atoms with Gasteiger partial charge < -0.3 is 14.4 Å². The van der Waals surface area contributed by atoms with Crippen LogP contribution in [0.4, 0.5) is 0 Å². The van der Waals surface area contributed by atoms with Gasteiger partial charge in [-0.2, -0.15) is 0 Å². The summed E-state index contributed by atoms with van der Waals surface area (Å²) in [6, 6.07) is 5.30. The second-order valence-electron chi connectivity index (χ2n) is 5.73. The number of carbonyl (C=O) groups is 1. The van der Waals surface area contributed by atoms with Crippen molar-refractivity contribution in [3.05, 3.63) is 35.5 Å². The summed E-state index contributed by atoms with van der Waals surface area (Å²) in [6.45, 7) is 2.92. The molecule has 0 bridgehead atoms. The fraction of sp³-hybridized carbons (Fsp3) is 0.438. The van der Waals surface area contributed by atoms with Gasteiger partial charge in [0, 0.05) is 36.3 Å². The van der Waals surface area contributed by atoms with E-state index in [4.69, 9.17) is 9.84 Å². The number of aromatic nitrogens is 1. The minimum Gasteiger partial charge on any atom is -0.478 e. The smallest absolute Gasteiger partial charge is 0.335 e. The molecule has 0 aliphatic carbocycles. The van der Waals surface area contributed by atoms with Crippen LogP contribution in [0.3, 0.4) is 0 Å². The first-order valence-corrected chi connectivity index (χ1v) is 6.98. The molecule has 0 saturated carbocycles. The molecule has 1 unspecified atom stereocenters. The molecule has 20 heavy (non-hydrogen) atoms. The van der Waals surface area contributed by atoms with E-state index in [1.807, 2.05) is 17.7 Å². The van der Waals surface area contributed by atoms with Crippen molar-refractivity contribution in [2.75, 3.05) is 6.61 Å². The molecule has 1 aliphatic rings. The number of carboxylic acid groups (broad SMARTS) is 1. The fourth-order valence-corrected chi connectivity index (χ4v) is 3.08. The van der Waals surface area contributed by atoms with Crippen molar-refractivity contribution in [3.63, 3.8) is 0 Å². The molecule has 4 heteroatoms. The van der Waals surface area contributed by atoms with Crippen molar-refractivity contribution in [3.8, 4) is 0 Å². The lowest BCUT2D eigenvalue weighted by molar-refractivity contribution is -0.0692. The Morgan fingerprint density at radius 2 is 2.20 bits per heavy atom. The predicted octanol–water partition coefficient (Wildman–Crippen LogP) is 3.29. The standard InChI is InChI=1S/C16H19NO3/c1-16(7-3-4-8-20-16)13-10-17(2)14-9-11(15(18)19)5-6-12(13)14/h5-6,9-10H,3-4,7-8H2,1-2H3,(H,18,19). The van der Waals surface area contributed by atoms with Gasteiger partial charge in [-0.3, -0.25) is 0 Å². The van der Waals surface area contributed by atoms with Crippen LogP contribution >= 0.6 is 0 Å². The lowest BCUT2D eigenvalue weighted by Gasteiger charge is -2.33. The number of fused-ring (bicyclic) bond motifs is 1. The SMILES string of the molecule is Cn1cc(C2(C)CCCCO2)c2ccc(C(=O)O)cc21. The first-order valence-electron chi connectivity index (χ1n) is 6.98. The summed E-state index contributed by atoms with van der Waals surface area (Å²) >= 11 is 0. The maximum Gasteiger partial charge on any atom is 0.335 e. The van der Waals surface area contributed by atoms with E-state index in [0.29, 0.717) is 5.56 Å². The Balaban J connectivity index is 2.15. The van der Waals surface area contributed by atoms with E-state index >= 15 is 0 Å². The predicted molar refractivity (Wildman–Crippen MR) is 77.0 cm³/mol. The van der Waals surface area contributed by atoms with Crippen molar-refractivity contribution >= 4 is 16.9 Å². The maximum atomic E-state index is 11.1. The molecule has 2 heterocycles. The molecule has 1 aliphatic heterocycles. The van der Waals surface area contributed by atoms with Crippen LogP contribution in [0.25, 0.3) is 10.9 Å². The third-order valence-electron chi connectivity index (χ3n) is 4.28. The van der Waals surface area contributed by atoms with Crippen LogP contribution in [0.1, 0.15) is 42.1 Å². The minimum atomic E-state index is -0.894. The summed E-state index contributed by atoms with van der Waals surface area (Å²) in [5.74, 6) is -0.894. The van der Waals surface area contributed by atoms with Gasteiger partial charge >= 0.3 is 5.97 Å². The topological polar surface area (TPSA) is 51.5 Å². The number of nitrogens with zero attached hydrogens (tertiary/aromatic N) is 1. The van der Waals surface area contributed by atoms with Crippen LogP contribution in [-0.4, -0.2) is 22.2 Å². The molecule has 1 fully saturated rings. The van der Waals surface area contributed by atoms with Crippen LogP contribution in [0.5, 0.6) is 0 Å². The van der Waals surface area contributed by atoms with E-state index < -0.39 is 5.97 Å². The fourth-order valence-electron chi connectivity index (χ4n) is 3.08. The number of hydrogen-bond acceptors (Lipinski definition) is 2. The number of aryl methyl sites for hydroxylation is 1. The third kappa shape index (κ3) is 2.00. The average Bonchev–Trinajstić information content (AvgIpc) is 2.77. The van der Waals surface area contributed by atoms with Gasteiger partial charge in [0.25, 0.3) is 0 Å². The first-order chi connectivity index (χ1) is 9.51. The van der Waals surface area contributed by atoms with Crippen LogP contribution < -0.4 is 0 Å². The highest BCUT2D eigenvalue weighted by atomic mass is 16.5. The van der Waals surface area contributed by atoms with Crippen molar-refractivity contribution in [2.45, 2.75) is 31.8 Å². The summed E-state index contributed by atoms with van der Waals surface area (Å²) < 4.78 is 8.01. The van der Waals surface area contributed by atoms with E-state index in [-0.39, 0.29) is 5.60 Å². The molecule has 1 aromatic carbocycles. The molecule has 106 valence electrons. The summed E-state index contributed by atoms with van der Waals surface area (Å²) in [7, 11) is 1.95. The Labute approximate surface area is 118 Å². The number of carboxylic acids is 1. The highest BCUT2D eigenvalue weighted by Crippen LogP contribution is 2.39. The molecule has 0 spiro atoms. The van der Waals surface area contributed by atoms with E-state index in [2.05, 4.69) is 13.1 Å². The molecule has 1 saturated heterocycles. The molecule has 1 aromatic heterocycles. The Bertz CT molecular complexity index is 666. The van der Waals surface area contributed by atoms with Gasteiger partial charge in [-0.05, 0) is 38.3 Å². The third-order valence-corrected chi connectivity index (χ3v) is 4.28. The van der Waals surface area contributed by atoms with Gasteiger partial charge in [0.15, 0.2) is 0 Å². The van der Waals surface area contributed by atoms with E-state index in [0.717, 1.165) is 35.9 Å². The monoisotopic (exact) mass is 273 g/mol. The second-order valence-corrected chi connectivity index (χ2v) is 5.73. The highest BCUT2D eigenvalue weighted by Gasteiger charge is 2.32. The number of benzene rings is 1. The van der Waals surface area contributed by atoms with Gasteiger partial charge in [0.2, 0.25) is 0 Å². The van der Waals surface area contributed by atoms with Crippen LogP contribution in [0, 0.1) is 0 Å². The zero-order valence-electron chi connectivity index (χ0n) is 11.8. The van der Waals surface area contributed by atoms with Gasteiger partial charge in [-0.25, -0.2) is 4.79 Å². The van der Waals surface area contributed by atoms with Crippen molar-refractivity contribution in [1.29, 1.82) is 0 Å². The first kappa shape index (κ1) is 13.2. The molecule has 3 rings (SSSR count). The lowest BCUT2D eigenvalue weighted by atomic mass is 9.88. The van der Waals surface area contributed by atoms with Crippen LogP contribution in [0.15, 0.2) is 24.4 Å². The van der Waals surface area contributed by atoms with Crippen LogP contribution in [-0.2, 0) is 17.4 Å². The Morgan fingerprint density at radius 3 is 2.85 bits per heavy atom. The highest BCUT2D eigenvalue weighted by molar-refractivity contribution is 5.94. The average molecular weight is 273 g/mol. The molecular weight excluding hydrogens is 254 g/mol. The van der Waals surface area contributed by atoms with Crippen molar-refractivity contribution < 1.29 is 14.6 Å². The second kappa shape index (κ2) is 4.63. The summed E-state index contributed by atoms with van der Waals surface area (Å²) in [5, 5.41) is 10.2. The molecular formula is C16H19NO3. The normalized spacial score (nSPS) is 23.1. The van der Waals surface area contributed by atoms with Gasteiger partial charge in [-0.1, -0.05) is 6.07 Å². The summed E-state index contributed by atoms with van der Waals surface area (Å²) in [4.78, 5) is 11.1. The molecule has 2 aromatic rings. The van der Waals surface area contributed by atoms with E-state index in [1.54, 1.807) is 12.1 Å². The Morgan fingerprint density at radius 1 is 1.40 bits per heavy atom. The maximum absolute atomic E-state index is 11.1. The van der Waals surface area contributed by atoms with E-state index in [9.17, 15) is 4.79 Å². The number of hydrogen-bond donors (Lipinski definition) is 1. The molecule has 4 nitrogen and oxygen atoms in total. The van der Waals surface area contributed by atoms with Crippen LogP contribution in [0.2, 0.25) is 0 Å². The van der Waals surface area contributed by atoms with Gasteiger partial charge in [0.1, 0.15) is 0 Å². The Hall–Kier alpha value is -1.81. The van der Waals surface area contributed by atoms with Crippen molar-refractivity contribution in [1.82, 2.24) is 4.57 Å². The number of ether oxygens (including phenoxy) is 1. The van der Waals surface area contributed by atoms with E-state index in [1.165, 1.54) is 6.42 Å². The zero-order valence-corrected chi connectivity index (χ0v) is 11.8. The molecule has 0 radical (unpaired) electrons. The Kier molecular flexibility index (Phi) is 3.05. The largest absolute Gasteiger partial charge is 0.478 e. The van der Waals surface area contributed by atoms with Gasteiger partial charge in [0.05, 0.1) is 11.2 Å². The summed E-state index contributed by atoms with van der Waals surface area (Å²) in [6.07, 6.45) is 5.36. The molecule has 0 amide bonds.